The lowest BCUT2D eigenvalue weighted by atomic mass is 10.1. The smallest absolute Gasteiger partial charge is 0.0542 e. The first kappa shape index (κ1) is 7.98. The van der Waals surface area contributed by atoms with Crippen LogP contribution in [0.4, 0.5) is 0 Å². The number of likely N-dealkylation sites (tertiary alicyclic amines) is 1. The SMILES string of the molecule is CC(N)N1CCC(N)CC1. The van der Waals surface area contributed by atoms with Crippen molar-refractivity contribution >= 4 is 0 Å². The van der Waals surface area contributed by atoms with E-state index in [1.165, 1.54) is 0 Å². The third-order valence-corrected chi connectivity index (χ3v) is 2.15. The highest BCUT2D eigenvalue weighted by molar-refractivity contribution is 4.75. The van der Waals surface area contributed by atoms with Gasteiger partial charge in [-0.1, -0.05) is 0 Å². The second-order valence-electron chi connectivity index (χ2n) is 3.11. The Morgan fingerprint density at radius 1 is 1.40 bits per heavy atom. The normalized spacial score (nSPS) is 26.7. The molecule has 0 aromatic heterocycles. The predicted octanol–water partition coefficient (Wildman–Crippen LogP) is -0.286. The Morgan fingerprint density at radius 3 is 2.30 bits per heavy atom. The van der Waals surface area contributed by atoms with Crippen LogP contribution in [0, 0.1) is 0 Å². The molecule has 1 atom stereocenters. The molecule has 0 radical (unpaired) electrons. The van der Waals surface area contributed by atoms with Crippen LogP contribution in [0.25, 0.3) is 0 Å². The van der Waals surface area contributed by atoms with Gasteiger partial charge >= 0.3 is 0 Å². The average Bonchev–Trinajstić information content (AvgIpc) is 1.88. The van der Waals surface area contributed by atoms with E-state index in [9.17, 15) is 0 Å². The topological polar surface area (TPSA) is 55.3 Å². The van der Waals surface area contributed by atoms with Gasteiger partial charge in [0.05, 0.1) is 6.17 Å². The Labute approximate surface area is 62.4 Å². The Morgan fingerprint density at radius 2 is 1.90 bits per heavy atom. The first-order valence-corrected chi connectivity index (χ1v) is 3.95. The van der Waals surface area contributed by atoms with Crippen molar-refractivity contribution in [1.82, 2.24) is 4.90 Å². The molecule has 1 aliphatic heterocycles. The van der Waals surface area contributed by atoms with E-state index in [-0.39, 0.29) is 6.17 Å². The molecule has 1 fully saturated rings. The highest BCUT2D eigenvalue weighted by Crippen LogP contribution is 2.08. The number of hydrogen-bond donors (Lipinski definition) is 2. The summed E-state index contributed by atoms with van der Waals surface area (Å²) in [5.74, 6) is 0. The zero-order chi connectivity index (χ0) is 7.56. The van der Waals surface area contributed by atoms with E-state index in [1.807, 2.05) is 6.92 Å². The maximum absolute atomic E-state index is 5.73. The van der Waals surface area contributed by atoms with Crippen molar-refractivity contribution in [1.29, 1.82) is 0 Å². The summed E-state index contributed by atoms with van der Waals surface area (Å²) in [6.45, 7) is 4.16. The summed E-state index contributed by atoms with van der Waals surface area (Å²) in [4.78, 5) is 2.27. The number of nitrogens with zero attached hydrogens (tertiary/aromatic N) is 1. The number of nitrogens with two attached hydrogens (primary N) is 2. The molecule has 60 valence electrons. The van der Waals surface area contributed by atoms with Gasteiger partial charge in [0.15, 0.2) is 0 Å². The van der Waals surface area contributed by atoms with E-state index >= 15 is 0 Å². The minimum absolute atomic E-state index is 0.201. The minimum Gasteiger partial charge on any atom is -0.328 e. The van der Waals surface area contributed by atoms with E-state index in [1.54, 1.807) is 0 Å². The summed E-state index contributed by atoms with van der Waals surface area (Å²) in [6.07, 6.45) is 2.40. The lowest BCUT2D eigenvalue weighted by Gasteiger charge is -2.32. The van der Waals surface area contributed by atoms with Gasteiger partial charge in [-0.15, -0.1) is 0 Å². The quantitative estimate of drug-likeness (QED) is 0.530. The molecule has 1 saturated heterocycles. The number of piperidine rings is 1. The van der Waals surface area contributed by atoms with Crippen LogP contribution in [0.3, 0.4) is 0 Å². The van der Waals surface area contributed by atoms with Crippen molar-refractivity contribution in [2.24, 2.45) is 11.5 Å². The first-order chi connectivity index (χ1) is 4.70. The zero-order valence-electron chi connectivity index (χ0n) is 6.59. The molecule has 1 aliphatic rings. The highest BCUT2D eigenvalue weighted by Gasteiger charge is 2.17. The number of rotatable bonds is 1. The van der Waals surface area contributed by atoms with Gasteiger partial charge in [0.1, 0.15) is 0 Å². The molecule has 0 bridgehead atoms. The summed E-state index contributed by atoms with van der Waals surface area (Å²) in [7, 11) is 0. The van der Waals surface area contributed by atoms with Gasteiger partial charge in [-0.3, -0.25) is 4.90 Å². The van der Waals surface area contributed by atoms with E-state index in [4.69, 9.17) is 11.5 Å². The van der Waals surface area contributed by atoms with Crippen molar-refractivity contribution in [3.63, 3.8) is 0 Å². The Bertz CT molecular complexity index is 95.0. The van der Waals surface area contributed by atoms with Crippen LogP contribution in [-0.2, 0) is 0 Å². The van der Waals surface area contributed by atoms with Crippen molar-refractivity contribution in [2.75, 3.05) is 13.1 Å². The first-order valence-electron chi connectivity index (χ1n) is 3.95. The summed E-state index contributed by atoms with van der Waals surface area (Å²) in [5, 5.41) is 0. The highest BCUT2D eigenvalue weighted by atomic mass is 15.2. The fraction of sp³-hybridized carbons (Fsp3) is 1.00. The van der Waals surface area contributed by atoms with Crippen LogP contribution < -0.4 is 11.5 Å². The van der Waals surface area contributed by atoms with Gasteiger partial charge < -0.3 is 11.5 Å². The summed E-state index contributed by atoms with van der Waals surface area (Å²) < 4.78 is 0. The van der Waals surface area contributed by atoms with Gasteiger partial charge in [-0.2, -0.15) is 0 Å². The lowest BCUT2D eigenvalue weighted by molar-refractivity contribution is 0.166. The van der Waals surface area contributed by atoms with Crippen molar-refractivity contribution in [2.45, 2.75) is 32.0 Å². The zero-order valence-corrected chi connectivity index (χ0v) is 6.59. The molecule has 1 rings (SSSR count). The molecular weight excluding hydrogens is 126 g/mol. The standard InChI is InChI=1S/C7H17N3/c1-6(8)10-4-2-7(9)3-5-10/h6-7H,2-5,8-9H2,1H3. The third-order valence-electron chi connectivity index (χ3n) is 2.15. The fourth-order valence-electron chi connectivity index (χ4n) is 1.33. The van der Waals surface area contributed by atoms with E-state index in [0.717, 1.165) is 25.9 Å². The molecule has 1 heterocycles. The van der Waals surface area contributed by atoms with Crippen LogP contribution in [0.1, 0.15) is 19.8 Å². The third kappa shape index (κ3) is 1.94. The summed E-state index contributed by atoms with van der Waals surface area (Å²) in [5.41, 5.74) is 11.4. The molecule has 0 saturated carbocycles. The fourth-order valence-corrected chi connectivity index (χ4v) is 1.33. The van der Waals surface area contributed by atoms with Gasteiger partial charge in [0.2, 0.25) is 0 Å². The maximum Gasteiger partial charge on any atom is 0.0542 e. The van der Waals surface area contributed by atoms with Crippen LogP contribution >= 0.6 is 0 Å². The molecule has 4 N–H and O–H groups in total. The minimum atomic E-state index is 0.201. The van der Waals surface area contributed by atoms with Gasteiger partial charge in [0, 0.05) is 19.1 Å². The van der Waals surface area contributed by atoms with Crippen LogP contribution in [0.15, 0.2) is 0 Å². The Kier molecular flexibility index (Phi) is 2.65. The molecule has 0 aromatic rings. The molecule has 0 aromatic carbocycles. The predicted molar refractivity (Wildman–Crippen MR) is 42.4 cm³/mol. The second-order valence-corrected chi connectivity index (χ2v) is 3.11. The van der Waals surface area contributed by atoms with Crippen molar-refractivity contribution < 1.29 is 0 Å². The molecule has 3 heteroatoms. The second kappa shape index (κ2) is 3.32. The average molecular weight is 143 g/mol. The maximum atomic E-state index is 5.73. The van der Waals surface area contributed by atoms with E-state index in [2.05, 4.69) is 4.90 Å². The molecule has 0 aliphatic carbocycles. The van der Waals surface area contributed by atoms with Gasteiger partial charge in [-0.05, 0) is 19.8 Å². The van der Waals surface area contributed by atoms with Gasteiger partial charge in [0.25, 0.3) is 0 Å². The van der Waals surface area contributed by atoms with E-state index < -0.39 is 0 Å². The van der Waals surface area contributed by atoms with Gasteiger partial charge in [-0.25, -0.2) is 0 Å². The molecule has 0 amide bonds. The van der Waals surface area contributed by atoms with E-state index in [0.29, 0.717) is 6.04 Å². The molecule has 0 spiro atoms. The summed E-state index contributed by atoms with van der Waals surface area (Å²) in [6, 6.07) is 0.412. The molecule has 3 nitrogen and oxygen atoms in total. The number of hydrogen-bond acceptors (Lipinski definition) is 3. The van der Waals surface area contributed by atoms with Crippen LogP contribution in [0.2, 0.25) is 0 Å². The molecule has 10 heavy (non-hydrogen) atoms. The van der Waals surface area contributed by atoms with Crippen LogP contribution in [-0.4, -0.2) is 30.2 Å². The molecular formula is C7H17N3. The van der Waals surface area contributed by atoms with Crippen molar-refractivity contribution in [3.8, 4) is 0 Å². The Balaban J connectivity index is 2.26. The lowest BCUT2D eigenvalue weighted by Crippen LogP contribution is -2.47. The Hall–Kier alpha value is -0.120. The van der Waals surface area contributed by atoms with Crippen molar-refractivity contribution in [3.05, 3.63) is 0 Å². The van der Waals surface area contributed by atoms with Crippen LogP contribution in [0.5, 0.6) is 0 Å². The molecule has 1 unspecified atom stereocenters. The largest absolute Gasteiger partial charge is 0.328 e. The monoisotopic (exact) mass is 143 g/mol. The summed E-state index contributed by atoms with van der Waals surface area (Å²) >= 11 is 0.